The molecule has 0 spiro atoms. The molecule has 0 bridgehead atoms. The number of hydrogen-bond acceptors (Lipinski definition) is 2. The van der Waals surface area contributed by atoms with Crippen molar-refractivity contribution in [2.45, 2.75) is 19.8 Å². The van der Waals surface area contributed by atoms with Crippen LogP contribution >= 0.6 is 0 Å². The number of nitrogen functional groups attached to an aromatic ring is 1. The van der Waals surface area contributed by atoms with Crippen LogP contribution in [0, 0.1) is 18.3 Å². The Hall–Kier alpha value is -1.49. The molecule has 0 saturated carbocycles. The number of aryl methyl sites for hydroxylation is 1. The lowest BCUT2D eigenvalue weighted by molar-refractivity contribution is 0.967. The minimum Gasteiger partial charge on any atom is -0.399 e. The number of hydrogen-bond donors (Lipinski definition) is 1. The highest BCUT2D eigenvalue weighted by Crippen LogP contribution is 2.20. The Morgan fingerprint density at radius 3 is 2.75 bits per heavy atom. The second kappa shape index (κ2) is 3.27. The predicted molar refractivity (Wildman–Crippen MR) is 49.6 cm³/mol. The molecular weight excluding hydrogens is 148 g/mol. The number of anilines is 1. The number of nitrogens with zero attached hydrogens (tertiary/aromatic N) is 1. The molecule has 0 aliphatic carbocycles. The van der Waals surface area contributed by atoms with Crippen molar-refractivity contribution in [3.63, 3.8) is 0 Å². The fraction of sp³-hybridized carbons (Fsp3) is 0.300. The van der Waals surface area contributed by atoms with Crippen LogP contribution in [0.3, 0.4) is 0 Å². The van der Waals surface area contributed by atoms with E-state index in [1.54, 1.807) is 0 Å². The molecule has 1 aromatic carbocycles. The molecule has 0 aromatic heterocycles. The Morgan fingerprint density at radius 2 is 2.17 bits per heavy atom. The van der Waals surface area contributed by atoms with E-state index in [1.165, 1.54) is 0 Å². The summed E-state index contributed by atoms with van der Waals surface area (Å²) >= 11 is 0. The van der Waals surface area contributed by atoms with Crippen LogP contribution in [0.4, 0.5) is 5.69 Å². The van der Waals surface area contributed by atoms with E-state index in [0.29, 0.717) is 0 Å². The Labute approximate surface area is 72.6 Å². The van der Waals surface area contributed by atoms with Crippen LogP contribution in [0.2, 0.25) is 0 Å². The summed E-state index contributed by atoms with van der Waals surface area (Å²) in [6, 6.07) is 7.85. The topological polar surface area (TPSA) is 49.8 Å². The van der Waals surface area contributed by atoms with Crippen molar-refractivity contribution in [1.29, 1.82) is 5.26 Å². The summed E-state index contributed by atoms with van der Waals surface area (Å²) in [5, 5.41) is 8.71. The molecular formula is C10H12N2. The van der Waals surface area contributed by atoms with Gasteiger partial charge in [-0.05, 0) is 37.1 Å². The van der Waals surface area contributed by atoms with Crippen molar-refractivity contribution < 1.29 is 0 Å². The molecule has 1 atom stereocenters. The first-order chi connectivity index (χ1) is 5.65. The van der Waals surface area contributed by atoms with E-state index >= 15 is 0 Å². The van der Waals surface area contributed by atoms with Crippen molar-refractivity contribution in [1.82, 2.24) is 0 Å². The van der Waals surface area contributed by atoms with Gasteiger partial charge < -0.3 is 5.73 Å². The van der Waals surface area contributed by atoms with E-state index in [-0.39, 0.29) is 5.92 Å². The largest absolute Gasteiger partial charge is 0.399 e. The highest BCUT2D eigenvalue weighted by molar-refractivity contribution is 5.46. The van der Waals surface area contributed by atoms with E-state index in [4.69, 9.17) is 11.0 Å². The van der Waals surface area contributed by atoms with Gasteiger partial charge in [0.2, 0.25) is 0 Å². The molecule has 0 saturated heterocycles. The second-order valence-corrected chi connectivity index (χ2v) is 2.97. The molecule has 0 aliphatic heterocycles. The van der Waals surface area contributed by atoms with E-state index < -0.39 is 0 Å². The molecule has 0 heterocycles. The molecule has 2 heteroatoms. The normalized spacial score (nSPS) is 12.1. The predicted octanol–water partition coefficient (Wildman–Crippen LogP) is 2.20. The Bertz CT molecular complexity index is 323. The number of nitriles is 1. The zero-order chi connectivity index (χ0) is 9.14. The standard InChI is InChI=1S/C10H12N2/c1-7-3-4-9(12)5-10(7)8(2)6-11/h3-5,8H,12H2,1-2H3. The summed E-state index contributed by atoms with van der Waals surface area (Å²) in [6.07, 6.45) is 0. The highest BCUT2D eigenvalue weighted by atomic mass is 14.5. The van der Waals surface area contributed by atoms with E-state index in [1.807, 2.05) is 32.0 Å². The Balaban J connectivity index is 3.15. The third-order valence-electron chi connectivity index (χ3n) is 1.96. The molecule has 1 unspecified atom stereocenters. The molecule has 0 fully saturated rings. The molecule has 1 aromatic rings. The summed E-state index contributed by atoms with van der Waals surface area (Å²) < 4.78 is 0. The van der Waals surface area contributed by atoms with Gasteiger partial charge >= 0.3 is 0 Å². The second-order valence-electron chi connectivity index (χ2n) is 2.97. The zero-order valence-electron chi connectivity index (χ0n) is 7.33. The minimum absolute atomic E-state index is 0.0755. The molecule has 0 aliphatic rings. The fourth-order valence-electron chi connectivity index (χ4n) is 1.20. The lowest BCUT2D eigenvalue weighted by Crippen LogP contribution is -1.95. The molecule has 2 N–H and O–H groups in total. The first-order valence-corrected chi connectivity index (χ1v) is 3.91. The lowest BCUT2D eigenvalue weighted by Gasteiger charge is -2.07. The van der Waals surface area contributed by atoms with Crippen molar-refractivity contribution in [3.05, 3.63) is 29.3 Å². The van der Waals surface area contributed by atoms with Gasteiger partial charge in [-0.25, -0.2) is 0 Å². The molecule has 0 amide bonds. The van der Waals surface area contributed by atoms with Gasteiger partial charge in [-0.3, -0.25) is 0 Å². The van der Waals surface area contributed by atoms with Crippen molar-refractivity contribution in [3.8, 4) is 6.07 Å². The van der Waals surface area contributed by atoms with Crippen LogP contribution in [-0.4, -0.2) is 0 Å². The van der Waals surface area contributed by atoms with Crippen LogP contribution in [0.25, 0.3) is 0 Å². The van der Waals surface area contributed by atoms with Gasteiger partial charge in [0.15, 0.2) is 0 Å². The van der Waals surface area contributed by atoms with Crippen LogP contribution in [0.5, 0.6) is 0 Å². The summed E-state index contributed by atoms with van der Waals surface area (Å²) in [6.45, 7) is 3.87. The number of rotatable bonds is 1. The minimum atomic E-state index is -0.0755. The highest BCUT2D eigenvalue weighted by Gasteiger charge is 2.06. The maximum absolute atomic E-state index is 8.71. The third-order valence-corrected chi connectivity index (χ3v) is 1.96. The van der Waals surface area contributed by atoms with Crippen molar-refractivity contribution in [2.24, 2.45) is 0 Å². The van der Waals surface area contributed by atoms with Crippen molar-refractivity contribution >= 4 is 5.69 Å². The van der Waals surface area contributed by atoms with Gasteiger partial charge in [-0.1, -0.05) is 6.07 Å². The smallest absolute Gasteiger partial charge is 0.0701 e. The quantitative estimate of drug-likeness (QED) is 0.640. The van der Waals surface area contributed by atoms with Gasteiger partial charge in [-0.15, -0.1) is 0 Å². The Morgan fingerprint density at radius 1 is 1.50 bits per heavy atom. The molecule has 2 nitrogen and oxygen atoms in total. The van der Waals surface area contributed by atoms with Gasteiger partial charge in [0.05, 0.1) is 12.0 Å². The average Bonchev–Trinajstić information content (AvgIpc) is 2.08. The van der Waals surface area contributed by atoms with E-state index in [0.717, 1.165) is 16.8 Å². The van der Waals surface area contributed by atoms with Gasteiger partial charge in [0, 0.05) is 5.69 Å². The number of nitrogens with two attached hydrogens (primary N) is 1. The van der Waals surface area contributed by atoms with Crippen molar-refractivity contribution in [2.75, 3.05) is 5.73 Å². The van der Waals surface area contributed by atoms with Crippen LogP contribution in [0.15, 0.2) is 18.2 Å². The molecule has 1 rings (SSSR count). The third kappa shape index (κ3) is 1.57. The average molecular weight is 160 g/mol. The van der Waals surface area contributed by atoms with Gasteiger partial charge in [-0.2, -0.15) is 5.26 Å². The SMILES string of the molecule is Cc1ccc(N)cc1C(C)C#N. The summed E-state index contributed by atoms with van der Waals surface area (Å²) in [5.74, 6) is -0.0755. The monoisotopic (exact) mass is 160 g/mol. The van der Waals surface area contributed by atoms with Crippen LogP contribution in [0.1, 0.15) is 24.0 Å². The zero-order valence-corrected chi connectivity index (χ0v) is 7.33. The summed E-state index contributed by atoms with van der Waals surface area (Å²) in [7, 11) is 0. The maximum Gasteiger partial charge on any atom is 0.0701 e. The first-order valence-electron chi connectivity index (χ1n) is 3.91. The van der Waals surface area contributed by atoms with E-state index in [9.17, 15) is 0 Å². The van der Waals surface area contributed by atoms with Crippen LogP contribution < -0.4 is 5.73 Å². The number of benzene rings is 1. The molecule has 12 heavy (non-hydrogen) atoms. The molecule has 0 radical (unpaired) electrons. The Kier molecular flexibility index (Phi) is 2.35. The van der Waals surface area contributed by atoms with E-state index in [2.05, 4.69) is 6.07 Å². The van der Waals surface area contributed by atoms with Crippen LogP contribution in [-0.2, 0) is 0 Å². The lowest BCUT2D eigenvalue weighted by atomic mass is 9.97. The summed E-state index contributed by atoms with van der Waals surface area (Å²) in [4.78, 5) is 0. The maximum atomic E-state index is 8.71. The first kappa shape index (κ1) is 8.61. The summed E-state index contributed by atoms with van der Waals surface area (Å²) in [5.41, 5.74) is 8.48. The van der Waals surface area contributed by atoms with Gasteiger partial charge in [0.1, 0.15) is 0 Å². The fourth-order valence-corrected chi connectivity index (χ4v) is 1.20. The molecule has 62 valence electrons. The van der Waals surface area contributed by atoms with Gasteiger partial charge in [0.25, 0.3) is 0 Å².